The second-order valence-corrected chi connectivity index (χ2v) is 11.4. The minimum atomic E-state index is -1.12. The van der Waals surface area contributed by atoms with E-state index in [1.54, 1.807) is 4.90 Å². The van der Waals surface area contributed by atoms with E-state index in [1.807, 2.05) is 10.4 Å². The lowest BCUT2D eigenvalue weighted by atomic mass is 9.80. The highest BCUT2D eigenvalue weighted by Gasteiger charge is 2.48. The van der Waals surface area contributed by atoms with Crippen LogP contribution in [0.2, 0.25) is 0 Å². The zero-order chi connectivity index (χ0) is 28.3. The molecule has 4 amide bonds. The zero-order valence-corrected chi connectivity index (χ0v) is 23.5. The van der Waals surface area contributed by atoms with Gasteiger partial charge in [-0.1, -0.05) is 49.1 Å². The SMILES string of the molecule is CC(=O)O[C@@H]1NC(=O)[C@H]1NC(=O)C1(NC(=O)N2CCN(Nc3nc(-c4ccc(C)cc4)cs3)CC2)CCCCC1. The van der Waals surface area contributed by atoms with Crippen LogP contribution in [0.5, 0.6) is 0 Å². The van der Waals surface area contributed by atoms with E-state index in [0.29, 0.717) is 39.0 Å². The molecule has 0 spiro atoms. The third-order valence-electron chi connectivity index (χ3n) is 7.61. The van der Waals surface area contributed by atoms with E-state index in [1.165, 1.54) is 23.8 Å². The first kappa shape index (κ1) is 27.8. The molecule has 2 atom stereocenters. The number of hydrazine groups is 1. The fourth-order valence-corrected chi connectivity index (χ4v) is 5.98. The van der Waals surface area contributed by atoms with Crippen LogP contribution in [0.1, 0.15) is 44.6 Å². The van der Waals surface area contributed by atoms with E-state index in [9.17, 15) is 19.2 Å². The monoisotopic (exact) mass is 569 g/mol. The molecule has 4 N–H and O–H groups in total. The summed E-state index contributed by atoms with van der Waals surface area (Å²) in [6.07, 6.45) is 2.59. The highest BCUT2D eigenvalue weighted by atomic mass is 32.1. The molecule has 2 aliphatic heterocycles. The lowest BCUT2D eigenvalue weighted by molar-refractivity contribution is -0.165. The summed E-state index contributed by atoms with van der Waals surface area (Å²) < 4.78 is 5.05. The Labute approximate surface area is 236 Å². The number of piperazine rings is 1. The Bertz CT molecular complexity index is 1250. The Morgan fingerprint density at radius 2 is 1.77 bits per heavy atom. The minimum absolute atomic E-state index is 0.304. The van der Waals surface area contributed by atoms with Gasteiger partial charge >= 0.3 is 12.0 Å². The molecular formula is C27H35N7O5S. The molecule has 3 fully saturated rings. The van der Waals surface area contributed by atoms with Crippen molar-refractivity contribution in [1.82, 2.24) is 30.8 Å². The van der Waals surface area contributed by atoms with Gasteiger partial charge < -0.3 is 25.6 Å². The second-order valence-electron chi connectivity index (χ2n) is 10.6. The second kappa shape index (κ2) is 11.8. The highest BCUT2D eigenvalue weighted by Crippen LogP contribution is 2.30. The molecule has 5 rings (SSSR count). The minimum Gasteiger partial charge on any atom is -0.439 e. The van der Waals surface area contributed by atoms with Gasteiger partial charge in [-0.05, 0) is 19.8 Å². The van der Waals surface area contributed by atoms with E-state index in [4.69, 9.17) is 9.72 Å². The van der Waals surface area contributed by atoms with Crippen molar-refractivity contribution in [2.75, 3.05) is 31.6 Å². The first-order valence-corrected chi connectivity index (χ1v) is 14.5. The number of ether oxygens (including phenoxy) is 1. The molecule has 0 radical (unpaired) electrons. The van der Waals surface area contributed by atoms with E-state index in [2.05, 4.69) is 52.6 Å². The first-order valence-electron chi connectivity index (χ1n) is 13.6. The fourth-order valence-electron chi connectivity index (χ4n) is 5.24. The third-order valence-corrected chi connectivity index (χ3v) is 8.36. The predicted octanol–water partition coefficient (Wildman–Crippen LogP) is 1.98. The topological polar surface area (TPSA) is 145 Å². The summed E-state index contributed by atoms with van der Waals surface area (Å²) in [6, 6.07) is 6.98. The summed E-state index contributed by atoms with van der Waals surface area (Å²) in [7, 11) is 0. The van der Waals surface area contributed by atoms with E-state index < -0.39 is 35.6 Å². The molecule has 3 heterocycles. The van der Waals surface area contributed by atoms with Gasteiger partial charge in [0.05, 0.1) is 5.69 Å². The number of urea groups is 1. The molecule has 214 valence electrons. The summed E-state index contributed by atoms with van der Waals surface area (Å²) in [5.74, 6) is -1.40. The quantitative estimate of drug-likeness (QED) is 0.293. The van der Waals surface area contributed by atoms with Crippen LogP contribution in [0.4, 0.5) is 9.93 Å². The Morgan fingerprint density at radius 1 is 1.07 bits per heavy atom. The number of aromatic nitrogens is 1. The van der Waals surface area contributed by atoms with Crippen LogP contribution in [-0.2, 0) is 19.1 Å². The van der Waals surface area contributed by atoms with Crippen molar-refractivity contribution in [3.8, 4) is 11.3 Å². The van der Waals surface area contributed by atoms with Crippen LogP contribution >= 0.6 is 11.3 Å². The molecule has 1 aliphatic carbocycles. The summed E-state index contributed by atoms with van der Waals surface area (Å²) in [4.78, 5) is 56.5. The average molecular weight is 570 g/mol. The lowest BCUT2D eigenvalue weighted by Crippen LogP contribution is -2.73. The van der Waals surface area contributed by atoms with Crippen molar-refractivity contribution >= 4 is 40.3 Å². The number of benzene rings is 1. The van der Waals surface area contributed by atoms with Crippen molar-refractivity contribution in [2.24, 2.45) is 0 Å². The Morgan fingerprint density at radius 3 is 2.42 bits per heavy atom. The molecule has 1 saturated carbocycles. The maximum absolute atomic E-state index is 13.4. The number of thiazole rings is 1. The summed E-state index contributed by atoms with van der Waals surface area (Å²) in [6.45, 7) is 5.44. The Balaban J connectivity index is 1.15. The molecule has 2 aromatic rings. The van der Waals surface area contributed by atoms with Gasteiger partial charge in [0.15, 0.2) is 11.2 Å². The van der Waals surface area contributed by atoms with Gasteiger partial charge in [-0.15, -0.1) is 11.3 Å². The first-order chi connectivity index (χ1) is 19.2. The van der Waals surface area contributed by atoms with Crippen molar-refractivity contribution < 1.29 is 23.9 Å². The van der Waals surface area contributed by atoms with Gasteiger partial charge in [-0.3, -0.25) is 19.8 Å². The number of hydrogen-bond acceptors (Lipinski definition) is 9. The normalized spacial score (nSPS) is 22.4. The Kier molecular flexibility index (Phi) is 8.22. The smallest absolute Gasteiger partial charge is 0.318 e. The number of carbonyl (C=O) groups excluding carboxylic acids is 4. The van der Waals surface area contributed by atoms with Crippen LogP contribution in [-0.4, -0.2) is 82.7 Å². The molecule has 13 heteroatoms. The molecule has 12 nitrogen and oxygen atoms in total. The third kappa shape index (κ3) is 6.20. The average Bonchev–Trinajstić information content (AvgIpc) is 3.40. The largest absolute Gasteiger partial charge is 0.439 e. The number of nitrogens with one attached hydrogen (secondary N) is 4. The summed E-state index contributed by atoms with van der Waals surface area (Å²) >= 11 is 1.53. The van der Waals surface area contributed by atoms with Crippen molar-refractivity contribution in [3.63, 3.8) is 0 Å². The zero-order valence-electron chi connectivity index (χ0n) is 22.7. The molecule has 2 saturated heterocycles. The number of carbonyl (C=O) groups is 4. The number of hydrogen-bond donors (Lipinski definition) is 4. The van der Waals surface area contributed by atoms with Crippen LogP contribution in [0.3, 0.4) is 0 Å². The number of β-lactam (4-membered cyclic amide) rings is 1. The van der Waals surface area contributed by atoms with Gasteiger partial charge in [0.25, 0.3) is 5.91 Å². The van der Waals surface area contributed by atoms with Gasteiger partial charge in [0.1, 0.15) is 5.54 Å². The Hall–Kier alpha value is -3.71. The summed E-state index contributed by atoms with van der Waals surface area (Å²) in [5, 5.41) is 13.0. The van der Waals surface area contributed by atoms with Crippen LogP contribution in [0.25, 0.3) is 11.3 Å². The van der Waals surface area contributed by atoms with Crippen molar-refractivity contribution in [2.45, 2.75) is 63.8 Å². The van der Waals surface area contributed by atoms with Gasteiger partial charge in [-0.25, -0.2) is 14.8 Å². The van der Waals surface area contributed by atoms with Crippen molar-refractivity contribution in [1.29, 1.82) is 0 Å². The maximum Gasteiger partial charge on any atom is 0.318 e. The lowest BCUT2D eigenvalue weighted by Gasteiger charge is -2.42. The molecule has 1 aromatic heterocycles. The molecule has 0 bridgehead atoms. The number of amides is 4. The standard InChI is InChI=1S/C27H35N7O5S/c1-17-6-8-19(9-7-17)20-16-40-25(28-20)32-34-14-12-33(13-15-34)26(38)31-27(10-4-3-5-11-27)24(37)29-21-22(36)30-23(21)39-18(2)35/h6-9,16,21,23H,3-5,10-15H2,1-2H3,(H,28,32)(H,29,37)(H,30,36)(H,31,38)/t21-,23+/m1/s1. The maximum atomic E-state index is 13.4. The highest BCUT2D eigenvalue weighted by molar-refractivity contribution is 7.14. The van der Waals surface area contributed by atoms with Crippen LogP contribution in [0, 0.1) is 6.92 Å². The molecular weight excluding hydrogens is 534 g/mol. The number of esters is 1. The summed E-state index contributed by atoms with van der Waals surface area (Å²) in [5.41, 5.74) is 5.42. The number of nitrogens with zero attached hydrogens (tertiary/aromatic N) is 3. The number of aryl methyl sites for hydroxylation is 1. The molecule has 40 heavy (non-hydrogen) atoms. The van der Waals surface area contributed by atoms with E-state index in [-0.39, 0.29) is 6.03 Å². The molecule has 3 aliphatic rings. The number of rotatable bonds is 7. The van der Waals surface area contributed by atoms with Crippen LogP contribution in [0.15, 0.2) is 29.6 Å². The number of anilines is 1. The van der Waals surface area contributed by atoms with Crippen LogP contribution < -0.4 is 21.4 Å². The van der Waals surface area contributed by atoms with Gasteiger partial charge in [-0.2, -0.15) is 0 Å². The molecule has 0 unspecified atom stereocenters. The van der Waals surface area contributed by atoms with Gasteiger partial charge in [0, 0.05) is 44.0 Å². The van der Waals surface area contributed by atoms with E-state index >= 15 is 0 Å². The predicted molar refractivity (Wildman–Crippen MR) is 149 cm³/mol. The van der Waals surface area contributed by atoms with Crippen molar-refractivity contribution in [3.05, 3.63) is 35.2 Å². The molecule has 1 aromatic carbocycles. The fraction of sp³-hybridized carbons (Fsp3) is 0.519. The van der Waals surface area contributed by atoms with E-state index in [0.717, 1.165) is 35.7 Å². The van der Waals surface area contributed by atoms with Gasteiger partial charge in [0.2, 0.25) is 12.1 Å².